The number of nitrogens with one attached hydrogen (secondary N) is 3. The summed E-state index contributed by atoms with van der Waals surface area (Å²) < 4.78 is 0. The Hall–Kier alpha value is -1.88. The van der Waals surface area contributed by atoms with Crippen molar-refractivity contribution >= 4 is 17.5 Å². The van der Waals surface area contributed by atoms with Gasteiger partial charge in [-0.05, 0) is 43.0 Å². The first-order valence-electron chi connectivity index (χ1n) is 8.42. The van der Waals surface area contributed by atoms with Gasteiger partial charge in [-0.2, -0.15) is 0 Å². The molecule has 1 fully saturated rings. The molecule has 5 heteroatoms. The van der Waals surface area contributed by atoms with E-state index in [0.29, 0.717) is 18.9 Å². The van der Waals surface area contributed by atoms with Crippen LogP contribution < -0.4 is 16.0 Å². The van der Waals surface area contributed by atoms with Crippen molar-refractivity contribution in [3.8, 4) is 0 Å². The van der Waals surface area contributed by atoms with Crippen molar-refractivity contribution in [1.29, 1.82) is 0 Å². The molecule has 0 bridgehead atoms. The van der Waals surface area contributed by atoms with Crippen molar-refractivity contribution in [2.75, 3.05) is 18.4 Å². The molecule has 23 heavy (non-hydrogen) atoms. The Morgan fingerprint density at radius 2 is 2.17 bits per heavy atom. The van der Waals surface area contributed by atoms with Crippen LogP contribution in [-0.2, 0) is 16.1 Å². The summed E-state index contributed by atoms with van der Waals surface area (Å²) in [6, 6.07) is 7.64. The van der Waals surface area contributed by atoms with Crippen LogP contribution in [0.4, 0.5) is 5.69 Å². The smallest absolute Gasteiger partial charge is 0.224 e. The maximum atomic E-state index is 12.1. The molecule has 0 radical (unpaired) electrons. The van der Waals surface area contributed by atoms with Gasteiger partial charge in [-0.1, -0.05) is 26.0 Å². The minimum Gasteiger partial charge on any atom is -0.352 e. The highest BCUT2D eigenvalue weighted by Crippen LogP contribution is 2.13. The Morgan fingerprint density at radius 1 is 1.35 bits per heavy atom. The molecule has 1 aromatic carbocycles. The van der Waals surface area contributed by atoms with Crippen LogP contribution in [0.1, 0.15) is 38.7 Å². The molecule has 1 unspecified atom stereocenters. The first-order chi connectivity index (χ1) is 11.0. The predicted molar refractivity (Wildman–Crippen MR) is 92.0 cm³/mol. The predicted octanol–water partition coefficient (Wildman–Crippen LogP) is 2.29. The van der Waals surface area contributed by atoms with Crippen LogP contribution >= 0.6 is 0 Å². The average Bonchev–Trinajstić information content (AvgIpc) is 2.53. The third-order valence-electron chi connectivity index (χ3n) is 3.94. The molecule has 1 saturated heterocycles. The maximum Gasteiger partial charge on any atom is 0.224 e. The molecular weight excluding hydrogens is 290 g/mol. The van der Waals surface area contributed by atoms with Crippen LogP contribution in [0.25, 0.3) is 0 Å². The number of hydrogen-bond acceptors (Lipinski definition) is 3. The standard InChI is InChI=1S/C18H27N3O2/c1-13(2)9-17(22)21-16-7-3-5-14(10-16)11-20-18(23)15-6-4-8-19-12-15/h3,5,7,10,13,15,19H,4,6,8-9,11-12H2,1-2H3,(H,20,23)(H,21,22). The largest absolute Gasteiger partial charge is 0.352 e. The normalized spacial score (nSPS) is 17.8. The summed E-state index contributed by atoms with van der Waals surface area (Å²) in [7, 11) is 0. The Labute approximate surface area is 138 Å². The van der Waals surface area contributed by atoms with Gasteiger partial charge >= 0.3 is 0 Å². The van der Waals surface area contributed by atoms with Gasteiger partial charge in [0.2, 0.25) is 11.8 Å². The SMILES string of the molecule is CC(C)CC(=O)Nc1cccc(CNC(=O)C2CCCNC2)c1. The highest BCUT2D eigenvalue weighted by atomic mass is 16.2. The van der Waals surface area contributed by atoms with Crippen molar-refractivity contribution in [2.45, 2.75) is 39.7 Å². The Kier molecular flexibility index (Phi) is 6.59. The first-order valence-corrected chi connectivity index (χ1v) is 8.42. The number of carbonyl (C=O) groups excluding carboxylic acids is 2. The number of hydrogen-bond donors (Lipinski definition) is 3. The molecular formula is C18H27N3O2. The molecule has 2 amide bonds. The monoisotopic (exact) mass is 317 g/mol. The molecule has 0 aromatic heterocycles. The van der Waals surface area contributed by atoms with Gasteiger partial charge in [0.15, 0.2) is 0 Å². The van der Waals surface area contributed by atoms with Crippen molar-refractivity contribution in [3.05, 3.63) is 29.8 Å². The summed E-state index contributed by atoms with van der Waals surface area (Å²) in [5, 5.41) is 9.14. The van der Waals surface area contributed by atoms with Crippen LogP contribution in [0.3, 0.4) is 0 Å². The summed E-state index contributed by atoms with van der Waals surface area (Å²) in [5.74, 6) is 0.528. The zero-order valence-corrected chi connectivity index (χ0v) is 14.0. The fraction of sp³-hybridized carbons (Fsp3) is 0.556. The molecule has 1 atom stereocenters. The number of piperidine rings is 1. The van der Waals surface area contributed by atoms with E-state index in [-0.39, 0.29) is 17.7 Å². The van der Waals surface area contributed by atoms with E-state index in [4.69, 9.17) is 0 Å². The van der Waals surface area contributed by atoms with Gasteiger partial charge < -0.3 is 16.0 Å². The Balaban J connectivity index is 1.84. The minimum atomic E-state index is 0.0227. The number of anilines is 1. The van der Waals surface area contributed by atoms with Gasteiger partial charge in [-0.15, -0.1) is 0 Å². The maximum absolute atomic E-state index is 12.1. The molecule has 126 valence electrons. The van der Waals surface area contributed by atoms with Gasteiger partial charge in [0.1, 0.15) is 0 Å². The number of carbonyl (C=O) groups is 2. The summed E-state index contributed by atoms with van der Waals surface area (Å²) in [6.07, 6.45) is 2.51. The van der Waals surface area contributed by atoms with Crippen LogP contribution in [0.2, 0.25) is 0 Å². The third-order valence-corrected chi connectivity index (χ3v) is 3.94. The van der Waals surface area contributed by atoms with Crippen molar-refractivity contribution in [3.63, 3.8) is 0 Å². The van der Waals surface area contributed by atoms with E-state index in [0.717, 1.165) is 37.2 Å². The molecule has 2 rings (SSSR count). The van der Waals surface area contributed by atoms with Gasteiger partial charge in [0, 0.05) is 25.2 Å². The lowest BCUT2D eigenvalue weighted by Gasteiger charge is -2.22. The first kappa shape index (κ1) is 17.5. The average molecular weight is 317 g/mol. The molecule has 1 heterocycles. The molecule has 0 aliphatic carbocycles. The minimum absolute atomic E-state index is 0.0227. The highest BCUT2D eigenvalue weighted by molar-refractivity contribution is 5.90. The van der Waals surface area contributed by atoms with E-state index >= 15 is 0 Å². The molecule has 1 aliphatic heterocycles. The molecule has 3 N–H and O–H groups in total. The summed E-state index contributed by atoms with van der Waals surface area (Å²) >= 11 is 0. The second-order valence-corrected chi connectivity index (χ2v) is 6.61. The lowest BCUT2D eigenvalue weighted by molar-refractivity contribution is -0.125. The van der Waals surface area contributed by atoms with Crippen LogP contribution in [0.5, 0.6) is 0 Å². The van der Waals surface area contributed by atoms with E-state index in [9.17, 15) is 9.59 Å². The molecule has 1 aliphatic rings. The van der Waals surface area contributed by atoms with Gasteiger partial charge in [0.25, 0.3) is 0 Å². The zero-order chi connectivity index (χ0) is 16.7. The molecule has 0 saturated carbocycles. The fourth-order valence-corrected chi connectivity index (χ4v) is 2.75. The van der Waals surface area contributed by atoms with Crippen molar-refractivity contribution in [2.24, 2.45) is 11.8 Å². The zero-order valence-electron chi connectivity index (χ0n) is 14.0. The van der Waals surface area contributed by atoms with E-state index in [1.807, 2.05) is 38.1 Å². The molecule has 0 spiro atoms. The lowest BCUT2D eigenvalue weighted by atomic mass is 9.99. The molecule has 5 nitrogen and oxygen atoms in total. The van der Waals surface area contributed by atoms with Crippen LogP contribution in [-0.4, -0.2) is 24.9 Å². The Bertz CT molecular complexity index is 537. The van der Waals surface area contributed by atoms with E-state index in [1.165, 1.54) is 0 Å². The highest BCUT2D eigenvalue weighted by Gasteiger charge is 2.20. The topological polar surface area (TPSA) is 70.2 Å². The van der Waals surface area contributed by atoms with Crippen molar-refractivity contribution in [1.82, 2.24) is 10.6 Å². The van der Waals surface area contributed by atoms with Crippen LogP contribution in [0.15, 0.2) is 24.3 Å². The number of amides is 2. The number of benzene rings is 1. The van der Waals surface area contributed by atoms with Gasteiger partial charge in [0.05, 0.1) is 5.92 Å². The Morgan fingerprint density at radius 3 is 2.87 bits per heavy atom. The summed E-state index contributed by atoms with van der Waals surface area (Å²) in [4.78, 5) is 24.0. The van der Waals surface area contributed by atoms with Crippen LogP contribution in [0, 0.1) is 11.8 Å². The van der Waals surface area contributed by atoms with Crippen molar-refractivity contribution < 1.29 is 9.59 Å². The van der Waals surface area contributed by atoms with Gasteiger partial charge in [-0.25, -0.2) is 0 Å². The van der Waals surface area contributed by atoms with E-state index in [1.54, 1.807) is 0 Å². The van der Waals surface area contributed by atoms with Gasteiger partial charge in [-0.3, -0.25) is 9.59 Å². The summed E-state index contributed by atoms with van der Waals surface area (Å²) in [5.41, 5.74) is 1.77. The summed E-state index contributed by atoms with van der Waals surface area (Å²) in [6.45, 7) is 6.29. The number of rotatable bonds is 6. The third kappa shape index (κ3) is 6.02. The quantitative estimate of drug-likeness (QED) is 0.754. The fourth-order valence-electron chi connectivity index (χ4n) is 2.75. The van der Waals surface area contributed by atoms with E-state index < -0.39 is 0 Å². The second-order valence-electron chi connectivity index (χ2n) is 6.61. The second kappa shape index (κ2) is 8.67. The lowest BCUT2D eigenvalue weighted by Crippen LogP contribution is -2.40. The molecule has 1 aromatic rings. The van der Waals surface area contributed by atoms with E-state index in [2.05, 4.69) is 16.0 Å².